The number of rotatable bonds is 2. The Hall–Kier alpha value is -2.14. The molecule has 22 heavy (non-hydrogen) atoms. The number of benzene rings is 1. The summed E-state index contributed by atoms with van der Waals surface area (Å²) in [5.74, 6) is 1.22. The van der Waals surface area contributed by atoms with Gasteiger partial charge in [-0.15, -0.1) is 0 Å². The van der Waals surface area contributed by atoms with E-state index in [1.54, 1.807) is 6.33 Å². The van der Waals surface area contributed by atoms with Crippen molar-refractivity contribution in [2.24, 2.45) is 5.92 Å². The monoisotopic (exact) mass is 293 g/mol. The van der Waals surface area contributed by atoms with Crippen LogP contribution in [-0.4, -0.2) is 32.3 Å². The van der Waals surface area contributed by atoms with E-state index in [0.717, 1.165) is 19.5 Å². The fourth-order valence-electron chi connectivity index (χ4n) is 4.35. The van der Waals surface area contributed by atoms with Crippen LogP contribution in [0.15, 0.2) is 37.1 Å². The second-order valence-corrected chi connectivity index (χ2v) is 6.63. The number of H-pyrrole nitrogens is 1. The third-order valence-corrected chi connectivity index (χ3v) is 5.31. The highest BCUT2D eigenvalue weighted by molar-refractivity contribution is 5.88. The average Bonchev–Trinajstić information content (AvgIpc) is 3.19. The van der Waals surface area contributed by atoms with Crippen molar-refractivity contribution in [3.63, 3.8) is 0 Å². The lowest BCUT2D eigenvalue weighted by atomic mass is 9.73. The maximum atomic E-state index is 4.25. The van der Waals surface area contributed by atoms with Crippen LogP contribution < -0.4 is 5.32 Å². The Morgan fingerprint density at radius 2 is 2.32 bits per heavy atom. The van der Waals surface area contributed by atoms with E-state index in [-0.39, 0.29) is 0 Å². The predicted molar refractivity (Wildman–Crippen MR) is 84.7 cm³/mol. The van der Waals surface area contributed by atoms with Crippen LogP contribution >= 0.6 is 0 Å². The molecule has 5 rings (SSSR count). The molecule has 0 spiro atoms. The van der Waals surface area contributed by atoms with Crippen molar-refractivity contribution < 1.29 is 0 Å². The third kappa shape index (κ3) is 1.82. The van der Waals surface area contributed by atoms with E-state index in [4.69, 9.17) is 0 Å². The van der Waals surface area contributed by atoms with Gasteiger partial charge in [-0.05, 0) is 36.0 Å². The molecule has 3 atom stereocenters. The van der Waals surface area contributed by atoms with Crippen molar-refractivity contribution >= 4 is 10.9 Å². The fraction of sp³-hybridized carbons (Fsp3) is 0.412. The van der Waals surface area contributed by atoms with Crippen LogP contribution in [0.4, 0.5) is 0 Å². The summed E-state index contributed by atoms with van der Waals surface area (Å²) in [5, 5.41) is 9.50. The standard InChI is InChI=1S/C17H19N5/c1-2-13-14-4-11(8-22-10-18-9-21-22)6-19-16(14)5-12-7-20-15(3-1)17(12)13/h1-3,7,9-11,14,16,19-20H,4-6,8H2/t11-,14-,16-/m1/s1. The number of hydrogen-bond acceptors (Lipinski definition) is 3. The minimum atomic E-state index is 0.570. The van der Waals surface area contributed by atoms with Crippen LogP contribution in [-0.2, 0) is 13.0 Å². The van der Waals surface area contributed by atoms with Crippen molar-refractivity contribution in [1.82, 2.24) is 25.1 Å². The molecule has 1 aromatic carbocycles. The molecule has 0 amide bonds. The van der Waals surface area contributed by atoms with Gasteiger partial charge in [0.1, 0.15) is 12.7 Å². The Labute approximate surface area is 128 Å². The quantitative estimate of drug-likeness (QED) is 0.760. The second kappa shape index (κ2) is 4.68. The van der Waals surface area contributed by atoms with Gasteiger partial charge in [-0.1, -0.05) is 12.1 Å². The summed E-state index contributed by atoms with van der Waals surface area (Å²) in [6.45, 7) is 2.02. The van der Waals surface area contributed by atoms with E-state index >= 15 is 0 Å². The highest BCUT2D eigenvalue weighted by Gasteiger charge is 2.36. The molecule has 2 N–H and O–H groups in total. The molecular weight excluding hydrogens is 274 g/mol. The molecule has 0 bridgehead atoms. The average molecular weight is 293 g/mol. The zero-order valence-electron chi connectivity index (χ0n) is 12.4. The highest BCUT2D eigenvalue weighted by Crippen LogP contribution is 2.41. The van der Waals surface area contributed by atoms with Crippen LogP contribution in [0.25, 0.3) is 10.9 Å². The molecule has 0 unspecified atom stereocenters. The number of nitrogens with one attached hydrogen (secondary N) is 2. The normalized spacial score (nSPS) is 27.0. The minimum absolute atomic E-state index is 0.570. The molecule has 1 aliphatic carbocycles. The Morgan fingerprint density at radius 3 is 3.23 bits per heavy atom. The highest BCUT2D eigenvalue weighted by atomic mass is 15.3. The topological polar surface area (TPSA) is 58.5 Å². The van der Waals surface area contributed by atoms with Crippen LogP contribution in [0.3, 0.4) is 0 Å². The molecule has 0 saturated carbocycles. The summed E-state index contributed by atoms with van der Waals surface area (Å²) in [6.07, 6.45) is 7.98. The Kier molecular flexibility index (Phi) is 2.64. The molecule has 2 aliphatic rings. The molecule has 5 heteroatoms. The lowest BCUT2D eigenvalue weighted by Gasteiger charge is -2.40. The van der Waals surface area contributed by atoms with Gasteiger partial charge in [-0.3, -0.25) is 4.68 Å². The summed E-state index contributed by atoms with van der Waals surface area (Å²) >= 11 is 0. The van der Waals surface area contributed by atoms with E-state index in [1.807, 2.05) is 11.0 Å². The van der Waals surface area contributed by atoms with Crippen LogP contribution in [0.2, 0.25) is 0 Å². The van der Waals surface area contributed by atoms with Crippen molar-refractivity contribution in [3.8, 4) is 0 Å². The first-order valence-corrected chi connectivity index (χ1v) is 8.03. The number of nitrogens with zero attached hydrogens (tertiary/aromatic N) is 3. The van der Waals surface area contributed by atoms with E-state index in [2.05, 4.69) is 44.8 Å². The molecule has 1 aliphatic heterocycles. The number of fused-ring (bicyclic) bond motifs is 2. The smallest absolute Gasteiger partial charge is 0.137 e. The largest absolute Gasteiger partial charge is 0.361 e. The van der Waals surface area contributed by atoms with Crippen LogP contribution in [0.5, 0.6) is 0 Å². The summed E-state index contributed by atoms with van der Waals surface area (Å²) in [4.78, 5) is 7.48. The predicted octanol–water partition coefficient (Wildman–Crippen LogP) is 2.08. The minimum Gasteiger partial charge on any atom is -0.361 e. The van der Waals surface area contributed by atoms with E-state index in [1.165, 1.54) is 28.5 Å². The van der Waals surface area contributed by atoms with Gasteiger partial charge in [-0.25, -0.2) is 4.98 Å². The van der Waals surface area contributed by atoms with Gasteiger partial charge in [0.25, 0.3) is 0 Å². The summed E-state index contributed by atoms with van der Waals surface area (Å²) in [5.41, 5.74) is 4.26. The van der Waals surface area contributed by atoms with Gasteiger partial charge in [0.05, 0.1) is 0 Å². The van der Waals surface area contributed by atoms with Gasteiger partial charge in [0, 0.05) is 42.1 Å². The maximum Gasteiger partial charge on any atom is 0.137 e. The molecule has 2 aromatic heterocycles. The SMILES string of the molecule is c1cc2c3c(c[nH]c3c1)C[C@H]1NC[C@H](Cn3cncn3)C[C@H]21. The number of aromatic amines is 1. The zero-order valence-corrected chi connectivity index (χ0v) is 12.4. The summed E-state index contributed by atoms with van der Waals surface area (Å²) < 4.78 is 1.96. The Bertz CT molecular complexity index is 804. The van der Waals surface area contributed by atoms with Crippen molar-refractivity contribution in [2.45, 2.75) is 31.3 Å². The van der Waals surface area contributed by atoms with Gasteiger partial charge in [-0.2, -0.15) is 5.10 Å². The number of piperidine rings is 1. The molecule has 5 nitrogen and oxygen atoms in total. The van der Waals surface area contributed by atoms with Crippen molar-refractivity contribution in [2.75, 3.05) is 6.54 Å². The Balaban J connectivity index is 1.48. The molecular formula is C17H19N5. The van der Waals surface area contributed by atoms with Gasteiger partial charge in [0.15, 0.2) is 0 Å². The molecule has 1 fully saturated rings. The van der Waals surface area contributed by atoms with Crippen molar-refractivity contribution in [1.29, 1.82) is 0 Å². The molecule has 0 radical (unpaired) electrons. The van der Waals surface area contributed by atoms with Crippen LogP contribution in [0, 0.1) is 5.92 Å². The van der Waals surface area contributed by atoms with Crippen molar-refractivity contribution in [3.05, 3.63) is 48.2 Å². The first kappa shape index (κ1) is 12.4. The molecule has 3 heterocycles. The van der Waals surface area contributed by atoms with Crippen LogP contribution in [0.1, 0.15) is 23.5 Å². The molecule has 1 saturated heterocycles. The third-order valence-electron chi connectivity index (χ3n) is 5.31. The van der Waals surface area contributed by atoms with E-state index in [0.29, 0.717) is 17.9 Å². The fourth-order valence-corrected chi connectivity index (χ4v) is 4.35. The van der Waals surface area contributed by atoms with E-state index < -0.39 is 0 Å². The van der Waals surface area contributed by atoms with E-state index in [9.17, 15) is 0 Å². The maximum absolute atomic E-state index is 4.25. The summed E-state index contributed by atoms with van der Waals surface area (Å²) in [7, 11) is 0. The lowest BCUT2D eigenvalue weighted by Crippen LogP contribution is -2.47. The Morgan fingerprint density at radius 1 is 1.32 bits per heavy atom. The first-order valence-electron chi connectivity index (χ1n) is 8.03. The number of hydrogen-bond donors (Lipinski definition) is 2. The van der Waals surface area contributed by atoms with Gasteiger partial charge < -0.3 is 10.3 Å². The number of aromatic nitrogens is 4. The van der Waals surface area contributed by atoms with Gasteiger partial charge >= 0.3 is 0 Å². The molecule has 3 aromatic rings. The first-order chi connectivity index (χ1) is 10.9. The lowest BCUT2D eigenvalue weighted by molar-refractivity contribution is 0.242. The zero-order chi connectivity index (χ0) is 14.5. The second-order valence-electron chi connectivity index (χ2n) is 6.63. The summed E-state index contributed by atoms with van der Waals surface area (Å²) in [6, 6.07) is 7.25. The van der Waals surface area contributed by atoms with Gasteiger partial charge in [0.2, 0.25) is 0 Å². The molecule has 112 valence electrons.